The number of carbonyl (C=O) groups excluding carboxylic acids is 2. The molecule has 1 saturated heterocycles. The number of anilines is 2. The Kier molecular flexibility index (Phi) is 16.5. The molecule has 0 spiro atoms. The van der Waals surface area contributed by atoms with Crippen LogP contribution in [0, 0.1) is 13.0 Å². The number of hydrogen-bond acceptors (Lipinski definition) is 9. The Labute approximate surface area is 384 Å². The summed E-state index contributed by atoms with van der Waals surface area (Å²) < 4.78 is 25.1. The van der Waals surface area contributed by atoms with Crippen molar-refractivity contribution in [1.29, 1.82) is 0 Å². The molecule has 1 N–H and O–H groups in total. The molecule has 1 aliphatic rings. The Hall–Kier alpha value is -5.64. The number of ether oxygens (including phenoxy) is 4. The van der Waals surface area contributed by atoms with Gasteiger partial charge in [-0.05, 0) is 48.9 Å². The van der Waals surface area contributed by atoms with Crippen LogP contribution in [0.2, 0.25) is 0 Å². The van der Waals surface area contributed by atoms with Crippen LogP contribution in [-0.4, -0.2) is 59.9 Å². The molecule has 298 valence electrons. The Balaban J connectivity index is 0.000000223. The molecule has 4 heterocycles. The molecule has 2 amide bonds. The Morgan fingerprint density at radius 2 is 1.59 bits per heavy atom. The van der Waals surface area contributed by atoms with Gasteiger partial charge >= 0.3 is 51.4 Å². The van der Waals surface area contributed by atoms with Crippen molar-refractivity contribution in [3.63, 3.8) is 0 Å². The molecule has 0 aliphatic carbocycles. The van der Waals surface area contributed by atoms with Gasteiger partial charge in [-0.1, -0.05) is 18.2 Å². The molecule has 13 nitrogen and oxygen atoms in total. The van der Waals surface area contributed by atoms with Gasteiger partial charge in [-0.3, -0.25) is 24.2 Å². The fraction of sp³-hybridized carbons (Fsp3) is 0.200. The number of nitrogens with one attached hydrogen (secondary N) is 1. The van der Waals surface area contributed by atoms with Gasteiger partial charge in [0, 0.05) is 72.2 Å². The number of aromatic nitrogens is 3. The molecule has 3 aromatic carbocycles. The molecular formula is C45H43KN5O8-. The number of amides is 2. The van der Waals surface area contributed by atoms with Crippen molar-refractivity contribution in [3.8, 4) is 17.2 Å². The van der Waals surface area contributed by atoms with Gasteiger partial charge in [-0.2, -0.15) is 6.08 Å². The van der Waals surface area contributed by atoms with Crippen LogP contribution < -0.4 is 86.9 Å². The molecule has 1 fully saturated rings. The van der Waals surface area contributed by atoms with Crippen LogP contribution in [-0.2, 0) is 22.6 Å². The molecule has 59 heavy (non-hydrogen) atoms. The van der Waals surface area contributed by atoms with Crippen molar-refractivity contribution in [3.05, 3.63) is 167 Å². The fourth-order valence-corrected chi connectivity index (χ4v) is 6.15. The van der Waals surface area contributed by atoms with Gasteiger partial charge in [0.2, 0.25) is 5.91 Å². The largest absolute Gasteiger partial charge is 1.00 e. The Morgan fingerprint density at radius 3 is 2.29 bits per heavy atom. The van der Waals surface area contributed by atoms with Crippen molar-refractivity contribution >= 4 is 39.9 Å². The van der Waals surface area contributed by atoms with Gasteiger partial charge < -0.3 is 38.3 Å². The van der Waals surface area contributed by atoms with Crippen LogP contribution in [0.25, 0.3) is 16.7 Å². The average Bonchev–Trinajstić information content (AvgIpc) is 3.70. The first kappa shape index (κ1) is 44.5. The number of fused-ring (bicyclic) bond motifs is 1. The zero-order valence-electron chi connectivity index (χ0n) is 33.3. The summed E-state index contributed by atoms with van der Waals surface area (Å²) in [6, 6.07) is 30.9. The van der Waals surface area contributed by atoms with Crippen LogP contribution in [0.5, 0.6) is 17.2 Å². The second-order valence-electron chi connectivity index (χ2n) is 12.9. The van der Waals surface area contributed by atoms with Crippen molar-refractivity contribution in [2.45, 2.75) is 25.9 Å². The molecule has 6 aromatic rings. The summed E-state index contributed by atoms with van der Waals surface area (Å²) in [6.07, 6.45) is 8.00. The molecule has 0 atom stereocenters. The number of nitrogens with zero attached hydrogens (tertiary/aromatic N) is 4. The number of pyridine rings is 3. The number of benzene rings is 3. The van der Waals surface area contributed by atoms with E-state index >= 15 is 0 Å². The number of rotatable bonds is 14. The molecule has 0 saturated carbocycles. The van der Waals surface area contributed by atoms with E-state index in [0.717, 1.165) is 34.3 Å². The first-order valence-electron chi connectivity index (χ1n) is 18.6. The normalized spacial score (nSPS) is 12.2. The van der Waals surface area contributed by atoms with Gasteiger partial charge in [0.25, 0.3) is 17.0 Å². The van der Waals surface area contributed by atoms with Crippen LogP contribution >= 0.6 is 0 Å². The van der Waals surface area contributed by atoms with Crippen molar-refractivity contribution in [1.82, 2.24) is 14.1 Å². The predicted octanol–water partition coefficient (Wildman–Crippen LogP) is 3.42. The van der Waals surface area contributed by atoms with E-state index in [0.29, 0.717) is 61.2 Å². The monoisotopic (exact) mass is 820 g/mol. The maximum atomic E-state index is 12.3. The van der Waals surface area contributed by atoms with Crippen LogP contribution in [0.3, 0.4) is 0 Å². The Morgan fingerprint density at radius 1 is 0.864 bits per heavy atom. The molecular weight excluding hydrogens is 778 g/mol. The van der Waals surface area contributed by atoms with Gasteiger partial charge in [0.15, 0.2) is 0 Å². The van der Waals surface area contributed by atoms with Crippen LogP contribution in [0.1, 0.15) is 28.8 Å². The summed E-state index contributed by atoms with van der Waals surface area (Å²) in [6.45, 7) is 5.72. The molecule has 1 aliphatic heterocycles. The number of carbonyl (C=O) groups is 2. The summed E-state index contributed by atoms with van der Waals surface area (Å²) in [4.78, 5) is 54.6. The first-order chi connectivity index (χ1) is 28.3. The van der Waals surface area contributed by atoms with Gasteiger partial charge in [0.05, 0.1) is 50.8 Å². The summed E-state index contributed by atoms with van der Waals surface area (Å²) >= 11 is 0. The molecule has 0 radical (unpaired) electrons. The SMILES string of the molecule is COc1ccc2c(OCCn3cc(NC(=O)c4ccccc4)ccc3=O)ccnc2c1.[CH2-]/C=C(/OCCn1cc(N2CCCC2=O)ccc1=O)c1[c-]cc(OC)cc1.[K+]. The van der Waals surface area contributed by atoms with E-state index in [-0.39, 0.29) is 80.9 Å². The van der Waals surface area contributed by atoms with E-state index < -0.39 is 0 Å². The molecule has 14 heteroatoms. The third-order valence-electron chi connectivity index (χ3n) is 9.19. The van der Waals surface area contributed by atoms with E-state index in [4.69, 9.17) is 18.9 Å². The summed E-state index contributed by atoms with van der Waals surface area (Å²) in [5.41, 5.74) is 3.04. The maximum absolute atomic E-state index is 12.3. The van der Waals surface area contributed by atoms with E-state index in [1.54, 1.807) is 96.9 Å². The minimum atomic E-state index is -0.235. The quantitative estimate of drug-likeness (QED) is 0.0995. The smallest absolute Gasteiger partial charge is 0.540 e. The molecule has 3 aromatic heterocycles. The zero-order valence-corrected chi connectivity index (χ0v) is 36.4. The third kappa shape index (κ3) is 12.0. The topological polar surface area (TPSA) is 143 Å². The second-order valence-corrected chi connectivity index (χ2v) is 12.9. The van der Waals surface area contributed by atoms with Gasteiger partial charge in [-0.15, -0.1) is 29.8 Å². The second kappa shape index (κ2) is 21.9. The van der Waals surface area contributed by atoms with E-state index in [1.165, 1.54) is 16.7 Å². The minimum absolute atomic E-state index is 0. The summed E-state index contributed by atoms with van der Waals surface area (Å²) in [5.74, 6) is 2.54. The first-order valence-corrected chi connectivity index (χ1v) is 18.6. The third-order valence-corrected chi connectivity index (χ3v) is 9.19. The zero-order chi connectivity index (χ0) is 40.9. The summed E-state index contributed by atoms with van der Waals surface area (Å²) in [7, 11) is 3.20. The minimum Gasteiger partial charge on any atom is -0.540 e. The average molecular weight is 821 g/mol. The maximum Gasteiger partial charge on any atom is 1.00 e. The molecule has 0 unspecified atom stereocenters. The number of allylic oxidation sites excluding steroid dienone is 1. The summed E-state index contributed by atoms with van der Waals surface area (Å²) in [5, 5.41) is 3.67. The number of hydrogen-bond donors (Lipinski definition) is 1. The van der Waals surface area contributed by atoms with Crippen molar-refractivity contribution < 1.29 is 79.9 Å². The molecule has 0 bridgehead atoms. The molecule has 7 rings (SSSR count). The van der Waals surface area contributed by atoms with Gasteiger partial charge in [-0.25, -0.2) is 6.92 Å². The van der Waals surface area contributed by atoms with E-state index in [1.807, 2.05) is 36.4 Å². The van der Waals surface area contributed by atoms with Gasteiger partial charge in [0.1, 0.15) is 18.1 Å². The van der Waals surface area contributed by atoms with Crippen LogP contribution in [0.4, 0.5) is 11.4 Å². The van der Waals surface area contributed by atoms with Crippen molar-refractivity contribution in [2.75, 3.05) is 44.2 Å². The van der Waals surface area contributed by atoms with Crippen molar-refractivity contribution in [2.24, 2.45) is 0 Å². The van der Waals surface area contributed by atoms with E-state index in [9.17, 15) is 19.2 Å². The van der Waals surface area contributed by atoms with E-state index in [2.05, 4.69) is 23.3 Å². The standard InChI is InChI=1S/C24H21N3O4.C21H22N2O4.K/c1-30-19-8-9-20-21(15-19)25-12-11-22(20)31-14-13-27-16-18(7-10-23(27)28)26-24(29)17-5-3-2-4-6-17;1-3-19(16-6-9-18(26-2)10-7-16)27-14-13-22-15-17(8-11-20(22)24)23-12-4-5-21(23)25;/h2-12,15-16H,13-14H2,1H3,(H,26,29);3,6,8-11,15H,1,4-5,12-14H2,2H3;/q;-2;+1/b;19-3+;. The van der Waals surface area contributed by atoms with Crippen LogP contribution in [0.15, 0.2) is 131 Å². The predicted molar refractivity (Wildman–Crippen MR) is 222 cm³/mol. The Bertz CT molecular complexity index is 2500. The number of methoxy groups -OCH3 is 2. The fourth-order valence-electron chi connectivity index (χ4n) is 6.15.